The Balaban J connectivity index is 2.30. The van der Waals surface area contributed by atoms with Crippen LogP contribution in [0.3, 0.4) is 0 Å². The molecule has 2 rings (SSSR count). The quantitative estimate of drug-likeness (QED) is 0.741. The van der Waals surface area contributed by atoms with Gasteiger partial charge in [0.05, 0.1) is 22.1 Å². The van der Waals surface area contributed by atoms with Crippen LogP contribution in [0.25, 0.3) is 0 Å². The van der Waals surface area contributed by atoms with Crippen LogP contribution in [-0.2, 0) is 19.9 Å². The number of sulfone groups is 1. The van der Waals surface area contributed by atoms with Crippen molar-refractivity contribution in [3.05, 3.63) is 22.4 Å². The summed E-state index contributed by atoms with van der Waals surface area (Å²) >= 11 is 2.96. The molecule has 1 saturated heterocycles. The third-order valence-electron chi connectivity index (χ3n) is 2.89. The van der Waals surface area contributed by atoms with Crippen molar-refractivity contribution in [2.24, 2.45) is 0 Å². The number of sulfonamides is 1. The zero-order valence-corrected chi connectivity index (χ0v) is 13.4. The molecule has 1 unspecified atom stereocenters. The van der Waals surface area contributed by atoms with E-state index in [1.807, 2.05) is 0 Å². The fraction of sp³-hybridized carbons (Fsp3) is 0.400. The lowest BCUT2D eigenvalue weighted by atomic mass is 10.3. The number of nitrogen functional groups attached to an aromatic ring is 1. The van der Waals surface area contributed by atoms with E-state index in [1.165, 1.54) is 0 Å². The van der Waals surface area contributed by atoms with Gasteiger partial charge in [-0.3, -0.25) is 0 Å². The van der Waals surface area contributed by atoms with Crippen LogP contribution in [0.15, 0.2) is 21.5 Å². The molecule has 1 fully saturated rings. The highest BCUT2D eigenvalue weighted by Crippen LogP contribution is 2.27. The molecule has 1 heterocycles. The van der Waals surface area contributed by atoms with Gasteiger partial charge in [0, 0.05) is 10.5 Å². The van der Waals surface area contributed by atoms with E-state index in [2.05, 4.69) is 20.7 Å². The molecule has 0 bridgehead atoms. The number of rotatable bonds is 3. The van der Waals surface area contributed by atoms with Crippen molar-refractivity contribution in [1.29, 1.82) is 0 Å². The van der Waals surface area contributed by atoms with E-state index in [4.69, 9.17) is 5.73 Å². The van der Waals surface area contributed by atoms with E-state index in [-0.39, 0.29) is 33.0 Å². The molecule has 0 spiro atoms. The molecule has 3 N–H and O–H groups in total. The van der Waals surface area contributed by atoms with E-state index in [0.717, 1.165) is 12.1 Å². The zero-order valence-electron chi connectivity index (χ0n) is 10.1. The molecule has 10 heteroatoms. The third-order valence-corrected chi connectivity index (χ3v) is 7.14. The number of hydrogen-bond acceptors (Lipinski definition) is 5. The van der Waals surface area contributed by atoms with E-state index in [9.17, 15) is 21.2 Å². The summed E-state index contributed by atoms with van der Waals surface area (Å²) in [4.78, 5) is -0.222. The first-order chi connectivity index (χ1) is 9.11. The minimum absolute atomic E-state index is 0.0255. The second-order valence-electron chi connectivity index (χ2n) is 4.53. The molecule has 20 heavy (non-hydrogen) atoms. The Bertz CT molecular complexity index is 749. The lowest BCUT2D eigenvalue weighted by molar-refractivity contribution is 0.561. The highest BCUT2D eigenvalue weighted by molar-refractivity contribution is 9.10. The molecule has 0 saturated carbocycles. The smallest absolute Gasteiger partial charge is 0.242 e. The third kappa shape index (κ3) is 3.30. The Morgan fingerprint density at radius 2 is 2.05 bits per heavy atom. The fourth-order valence-electron chi connectivity index (χ4n) is 1.92. The van der Waals surface area contributed by atoms with Crippen LogP contribution in [0.5, 0.6) is 0 Å². The van der Waals surface area contributed by atoms with Crippen LogP contribution in [-0.4, -0.2) is 34.4 Å². The molecule has 1 aromatic rings. The summed E-state index contributed by atoms with van der Waals surface area (Å²) in [7, 11) is -7.17. The van der Waals surface area contributed by atoms with Gasteiger partial charge in [0.2, 0.25) is 10.0 Å². The largest absolute Gasteiger partial charge is 0.396 e. The first-order valence-electron chi connectivity index (χ1n) is 5.58. The average molecular weight is 387 g/mol. The maximum Gasteiger partial charge on any atom is 0.242 e. The molecule has 0 aromatic heterocycles. The summed E-state index contributed by atoms with van der Waals surface area (Å²) < 4.78 is 62.5. The summed E-state index contributed by atoms with van der Waals surface area (Å²) in [5.41, 5.74) is 5.06. The van der Waals surface area contributed by atoms with Crippen molar-refractivity contribution in [3.63, 3.8) is 0 Å². The molecule has 1 aromatic carbocycles. The number of benzene rings is 1. The summed E-state index contributed by atoms with van der Waals surface area (Å²) in [6, 6.07) is 1.27. The first kappa shape index (κ1) is 15.7. The molecule has 0 amide bonds. The average Bonchev–Trinajstić information content (AvgIpc) is 2.62. The maximum atomic E-state index is 13.2. The van der Waals surface area contributed by atoms with Crippen LogP contribution in [0, 0.1) is 5.82 Å². The number of hydrogen-bond donors (Lipinski definition) is 2. The summed E-state index contributed by atoms with van der Waals surface area (Å²) in [5.74, 6) is -1.02. The van der Waals surface area contributed by atoms with Crippen molar-refractivity contribution in [1.82, 2.24) is 4.72 Å². The molecule has 112 valence electrons. The Hall–Kier alpha value is -0.710. The van der Waals surface area contributed by atoms with Crippen molar-refractivity contribution in [2.45, 2.75) is 17.4 Å². The van der Waals surface area contributed by atoms with E-state index < -0.39 is 31.7 Å². The number of nitrogens with one attached hydrogen (secondary N) is 1. The number of nitrogens with two attached hydrogens (primary N) is 1. The minimum Gasteiger partial charge on any atom is -0.396 e. The number of anilines is 1. The van der Waals surface area contributed by atoms with Crippen LogP contribution in [0.4, 0.5) is 10.1 Å². The second kappa shape index (κ2) is 5.24. The number of halogens is 2. The van der Waals surface area contributed by atoms with Crippen LogP contribution < -0.4 is 10.5 Å². The summed E-state index contributed by atoms with van der Waals surface area (Å²) in [5, 5.41) is 0. The van der Waals surface area contributed by atoms with Crippen molar-refractivity contribution >= 4 is 41.5 Å². The lowest BCUT2D eigenvalue weighted by Gasteiger charge is -2.13. The second-order valence-corrected chi connectivity index (χ2v) is 9.29. The van der Waals surface area contributed by atoms with Crippen molar-refractivity contribution in [2.75, 3.05) is 17.2 Å². The van der Waals surface area contributed by atoms with Crippen molar-refractivity contribution < 1.29 is 21.2 Å². The minimum atomic E-state index is -3.97. The topological polar surface area (TPSA) is 106 Å². The SMILES string of the molecule is Nc1cc(S(=O)(=O)NC2CCS(=O)(=O)C2)c(Br)cc1F. The molecule has 0 radical (unpaired) electrons. The van der Waals surface area contributed by atoms with Gasteiger partial charge in [0.15, 0.2) is 9.84 Å². The van der Waals surface area contributed by atoms with Gasteiger partial charge in [-0.1, -0.05) is 0 Å². The Morgan fingerprint density at radius 1 is 1.40 bits per heavy atom. The van der Waals surface area contributed by atoms with Crippen molar-refractivity contribution in [3.8, 4) is 0 Å². The molecule has 6 nitrogen and oxygen atoms in total. The Kier molecular flexibility index (Phi) is 4.11. The summed E-state index contributed by atoms with van der Waals surface area (Å²) in [6.07, 6.45) is 0.218. The van der Waals surface area contributed by atoms with E-state index in [1.54, 1.807) is 0 Å². The predicted octanol–water partition coefficient (Wildman–Crippen LogP) is 0.636. The van der Waals surface area contributed by atoms with Gasteiger partial charge in [-0.05, 0) is 34.5 Å². The molecule has 0 aliphatic carbocycles. The van der Waals surface area contributed by atoms with Gasteiger partial charge >= 0.3 is 0 Å². The molecule has 1 atom stereocenters. The Morgan fingerprint density at radius 3 is 2.60 bits per heavy atom. The van der Waals surface area contributed by atoms with Gasteiger partial charge in [-0.15, -0.1) is 0 Å². The normalized spacial score (nSPS) is 22.0. The van der Waals surface area contributed by atoms with Gasteiger partial charge in [-0.2, -0.15) is 0 Å². The van der Waals surface area contributed by atoms with Gasteiger partial charge < -0.3 is 5.73 Å². The molecular formula is C10H12BrFN2O4S2. The van der Waals surface area contributed by atoms with Crippen LogP contribution >= 0.6 is 15.9 Å². The predicted molar refractivity (Wildman–Crippen MR) is 75.9 cm³/mol. The molecule has 1 aliphatic rings. The fourth-order valence-corrected chi connectivity index (χ4v) is 6.02. The van der Waals surface area contributed by atoms with Gasteiger partial charge in [-0.25, -0.2) is 25.9 Å². The van der Waals surface area contributed by atoms with E-state index >= 15 is 0 Å². The van der Waals surface area contributed by atoms with Gasteiger partial charge in [0.25, 0.3) is 0 Å². The van der Waals surface area contributed by atoms with Crippen LogP contribution in [0.1, 0.15) is 6.42 Å². The molecule has 1 aliphatic heterocycles. The lowest BCUT2D eigenvalue weighted by Crippen LogP contribution is -2.35. The van der Waals surface area contributed by atoms with Gasteiger partial charge in [0.1, 0.15) is 5.82 Å². The summed E-state index contributed by atoms with van der Waals surface area (Å²) in [6.45, 7) is 0. The highest BCUT2D eigenvalue weighted by Gasteiger charge is 2.32. The van der Waals surface area contributed by atoms with Crippen LogP contribution in [0.2, 0.25) is 0 Å². The standard InChI is InChI=1S/C10H12BrFN2O4S2/c11-7-3-8(12)9(13)4-10(7)20(17,18)14-6-1-2-19(15,16)5-6/h3-4,6,14H,1-2,5,13H2. The molecular weight excluding hydrogens is 375 g/mol. The Labute approximate surface area is 124 Å². The maximum absolute atomic E-state index is 13.2. The monoisotopic (exact) mass is 386 g/mol. The first-order valence-corrected chi connectivity index (χ1v) is 9.68. The van der Waals surface area contributed by atoms with E-state index in [0.29, 0.717) is 0 Å². The highest BCUT2D eigenvalue weighted by atomic mass is 79.9. The zero-order chi connectivity index (χ0) is 15.1.